The van der Waals surface area contributed by atoms with E-state index in [9.17, 15) is 4.79 Å². The minimum absolute atomic E-state index is 0.0351. The van der Waals surface area contributed by atoms with Crippen LogP contribution in [0.4, 0.5) is 0 Å². The number of fused-ring (bicyclic) bond motifs is 3. The Balaban J connectivity index is 1.78. The van der Waals surface area contributed by atoms with Crippen molar-refractivity contribution in [3.05, 3.63) is 30.4 Å². The molecule has 0 aromatic carbocycles. The number of nitrogens with zero attached hydrogens (tertiary/aromatic N) is 4. The summed E-state index contributed by atoms with van der Waals surface area (Å²) in [6, 6.07) is 2.03. The molecule has 1 aliphatic rings. The summed E-state index contributed by atoms with van der Waals surface area (Å²) in [4.78, 5) is 21.7. The minimum atomic E-state index is 0.0351. The van der Waals surface area contributed by atoms with Crippen LogP contribution in [0.25, 0.3) is 21.8 Å². The maximum Gasteiger partial charge on any atom is 0.225 e. The van der Waals surface area contributed by atoms with Gasteiger partial charge in [0.1, 0.15) is 5.65 Å². The molecular formula is C17H19N5O. The molecule has 3 aromatic rings. The fourth-order valence-corrected chi connectivity index (χ4v) is 3.44. The Hall–Kier alpha value is -2.50. The summed E-state index contributed by atoms with van der Waals surface area (Å²) in [5, 5.41) is 11.8. The van der Waals surface area contributed by atoms with Gasteiger partial charge in [-0.2, -0.15) is 10.2 Å². The van der Waals surface area contributed by atoms with Crippen molar-refractivity contribution in [2.45, 2.75) is 26.2 Å². The van der Waals surface area contributed by atoms with Crippen molar-refractivity contribution in [2.75, 3.05) is 13.1 Å². The number of carbonyl (C=O) groups is 1. The van der Waals surface area contributed by atoms with Crippen LogP contribution in [-0.2, 0) is 4.79 Å². The Bertz CT molecular complexity index is 885. The Kier molecular flexibility index (Phi) is 3.25. The van der Waals surface area contributed by atoms with Crippen LogP contribution in [0.1, 0.15) is 31.9 Å². The first-order valence-corrected chi connectivity index (χ1v) is 8.01. The molecule has 1 unspecified atom stereocenters. The van der Waals surface area contributed by atoms with Crippen molar-refractivity contribution < 1.29 is 4.79 Å². The number of H-pyrrole nitrogens is 1. The molecule has 1 amide bonds. The third-order valence-electron chi connectivity index (χ3n) is 4.61. The lowest BCUT2D eigenvalue weighted by Gasteiger charge is -2.19. The molecule has 3 aromatic heterocycles. The Morgan fingerprint density at radius 3 is 3.09 bits per heavy atom. The molecule has 0 bridgehead atoms. The molecular weight excluding hydrogens is 290 g/mol. The zero-order chi connectivity index (χ0) is 16.0. The van der Waals surface area contributed by atoms with Gasteiger partial charge < -0.3 is 9.88 Å². The second-order valence-electron chi connectivity index (χ2n) is 6.48. The second kappa shape index (κ2) is 5.30. The average molecular weight is 309 g/mol. The normalized spacial score (nSPS) is 18.4. The molecule has 4 heterocycles. The van der Waals surface area contributed by atoms with Crippen LogP contribution in [0.3, 0.4) is 0 Å². The highest BCUT2D eigenvalue weighted by Gasteiger charge is 2.31. The van der Waals surface area contributed by atoms with Gasteiger partial charge in [-0.1, -0.05) is 13.8 Å². The summed E-state index contributed by atoms with van der Waals surface area (Å²) >= 11 is 0. The van der Waals surface area contributed by atoms with E-state index < -0.39 is 0 Å². The molecule has 4 rings (SSSR count). The third-order valence-corrected chi connectivity index (χ3v) is 4.61. The van der Waals surface area contributed by atoms with E-state index >= 15 is 0 Å². The van der Waals surface area contributed by atoms with Gasteiger partial charge in [0.15, 0.2) is 0 Å². The number of likely N-dealkylation sites (tertiary alicyclic amines) is 1. The van der Waals surface area contributed by atoms with Crippen LogP contribution in [0.5, 0.6) is 0 Å². The SMILES string of the molecule is CC(C)C(=O)N1CCC(c2nncc3cnc4[nH]ccc4c23)C1. The van der Waals surface area contributed by atoms with Crippen molar-refractivity contribution in [3.63, 3.8) is 0 Å². The molecule has 1 saturated heterocycles. The number of carbonyl (C=O) groups excluding carboxylic acids is 1. The van der Waals surface area contributed by atoms with Gasteiger partial charge in [0, 0.05) is 53.5 Å². The zero-order valence-corrected chi connectivity index (χ0v) is 13.3. The number of aromatic amines is 1. The lowest BCUT2D eigenvalue weighted by molar-refractivity contribution is -0.133. The molecule has 0 saturated carbocycles. The van der Waals surface area contributed by atoms with E-state index in [1.54, 1.807) is 6.20 Å². The molecule has 1 N–H and O–H groups in total. The molecule has 0 aliphatic carbocycles. The standard InChI is InChI=1S/C17H19N5O/c1-10(2)17(23)22-6-4-11(9-22)15-14-12(8-20-21-15)7-19-16-13(14)3-5-18-16/h3,5,7-8,10-11H,4,6,9H2,1-2H3,(H,18,19). The fourth-order valence-electron chi connectivity index (χ4n) is 3.44. The predicted molar refractivity (Wildman–Crippen MR) is 88.0 cm³/mol. The maximum atomic E-state index is 12.2. The summed E-state index contributed by atoms with van der Waals surface area (Å²) in [5.41, 5.74) is 1.84. The van der Waals surface area contributed by atoms with Gasteiger partial charge in [0.05, 0.1) is 11.9 Å². The number of rotatable bonds is 2. The van der Waals surface area contributed by atoms with E-state index in [1.807, 2.05) is 37.2 Å². The zero-order valence-electron chi connectivity index (χ0n) is 13.3. The van der Waals surface area contributed by atoms with Gasteiger partial charge in [0.2, 0.25) is 5.91 Å². The number of pyridine rings is 1. The van der Waals surface area contributed by atoms with Crippen molar-refractivity contribution in [1.82, 2.24) is 25.1 Å². The quantitative estimate of drug-likeness (QED) is 0.789. The first-order valence-electron chi connectivity index (χ1n) is 8.01. The number of amides is 1. The fraction of sp³-hybridized carbons (Fsp3) is 0.412. The number of aromatic nitrogens is 4. The van der Waals surface area contributed by atoms with Gasteiger partial charge in [-0.05, 0) is 12.5 Å². The van der Waals surface area contributed by atoms with Gasteiger partial charge in [-0.3, -0.25) is 4.79 Å². The Morgan fingerprint density at radius 1 is 1.39 bits per heavy atom. The van der Waals surface area contributed by atoms with Gasteiger partial charge in [-0.25, -0.2) is 4.98 Å². The topological polar surface area (TPSA) is 74.8 Å². The van der Waals surface area contributed by atoms with E-state index in [4.69, 9.17) is 0 Å². The highest BCUT2D eigenvalue weighted by molar-refractivity contribution is 6.05. The molecule has 23 heavy (non-hydrogen) atoms. The van der Waals surface area contributed by atoms with Crippen LogP contribution < -0.4 is 0 Å². The van der Waals surface area contributed by atoms with Crippen LogP contribution in [-0.4, -0.2) is 44.1 Å². The smallest absolute Gasteiger partial charge is 0.225 e. The summed E-state index contributed by atoms with van der Waals surface area (Å²) in [7, 11) is 0. The summed E-state index contributed by atoms with van der Waals surface area (Å²) in [6.45, 7) is 5.41. The van der Waals surface area contributed by atoms with Gasteiger partial charge in [0.25, 0.3) is 0 Å². The lowest BCUT2D eigenvalue weighted by Crippen LogP contribution is -2.32. The molecule has 0 spiro atoms. The van der Waals surface area contributed by atoms with E-state index in [1.165, 1.54) is 0 Å². The van der Waals surface area contributed by atoms with Crippen LogP contribution >= 0.6 is 0 Å². The molecule has 1 aliphatic heterocycles. The first kappa shape index (κ1) is 14.1. The highest BCUT2D eigenvalue weighted by atomic mass is 16.2. The molecule has 6 heteroatoms. The van der Waals surface area contributed by atoms with Crippen molar-refractivity contribution in [2.24, 2.45) is 5.92 Å². The van der Waals surface area contributed by atoms with Gasteiger partial charge in [-0.15, -0.1) is 0 Å². The highest BCUT2D eigenvalue weighted by Crippen LogP contribution is 2.33. The van der Waals surface area contributed by atoms with Crippen molar-refractivity contribution in [1.29, 1.82) is 0 Å². The lowest BCUT2D eigenvalue weighted by atomic mass is 9.98. The largest absolute Gasteiger partial charge is 0.346 e. The summed E-state index contributed by atoms with van der Waals surface area (Å²) < 4.78 is 0. The average Bonchev–Trinajstić information content (AvgIpc) is 3.22. The Labute approximate surface area is 133 Å². The number of hydrogen-bond acceptors (Lipinski definition) is 4. The molecule has 0 radical (unpaired) electrons. The second-order valence-corrected chi connectivity index (χ2v) is 6.48. The van der Waals surface area contributed by atoms with Crippen LogP contribution in [0.15, 0.2) is 24.7 Å². The maximum absolute atomic E-state index is 12.2. The van der Waals surface area contributed by atoms with E-state index in [0.717, 1.165) is 47.0 Å². The van der Waals surface area contributed by atoms with Crippen molar-refractivity contribution in [3.8, 4) is 0 Å². The van der Waals surface area contributed by atoms with E-state index in [0.29, 0.717) is 0 Å². The van der Waals surface area contributed by atoms with E-state index in [-0.39, 0.29) is 17.7 Å². The summed E-state index contributed by atoms with van der Waals surface area (Å²) in [5.74, 6) is 0.483. The van der Waals surface area contributed by atoms with Crippen LogP contribution in [0.2, 0.25) is 0 Å². The van der Waals surface area contributed by atoms with Gasteiger partial charge >= 0.3 is 0 Å². The molecule has 118 valence electrons. The van der Waals surface area contributed by atoms with Crippen molar-refractivity contribution >= 4 is 27.7 Å². The number of hydrogen-bond donors (Lipinski definition) is 1. The van der Waals surface area contributed by atoms with E-state index in [2.05, 4.69) is 20.2 Å². The Morgan fingerprint density at radius 2 is 2.26 bits per heavy atom. The third kappa shape index (κ3) is 2.25. The van der Waals surface area contributed by atoms with Crippen LogP contribution in [0, 0.1) is 5.92 Å². The summed E-state index contributed by atoms with van der Waals surface area (Å²) in [6.07, 6.45) is 6.41. The monoisotopic (exact) mass is 309 g/mol. The molecule has 1 fully saturated rings. The molecule has 6 nitrogen and oxygen atoms in total. The first-order chi connectivity index (χ1) is 11.1. The molecule has 1 atom stereocenters. The predicted octanol–water partition coefficient (Wildman–Crippen LogP) is 2.48. The minimum Gasteiger partial charge on any atom is -0.346 e. The number of nitrogens with one attached hydrogen (secondary N) is 1.